The maximum absolute atomic E-state index is 2.36. The molecule has 0 aliphatic carbocycles. The summed E-state index contributed by atoms with van der Waals surface area (Å²) in [5.41, 5.74) is 0. The SMILES string of the molecule is C[C](C)(C)[Ga-][C](C)(C)C. The van der Waals surface area contributed by atoms with Crippen molar-refractivity contribution in [3.63, 3.8) is 0 Å². The van der Waals surface area contributed by atoms with Gasteiger partial charge in [-0.3, -0.25) is 0 Å². The van der Waals surface area contributed by atoms with Crippen LogP contribution in [-0.4, -0.2) is 17.4 Å². The fourth-order valence-corrected chi connectivity index (χ4v) is 6.75. The van der Waals surface area contributed by atoms with Crippen LogP contribution in [0.25, 0.3) is 0 Å². The number of hydrogen-bond donors (Lipinski definition) is 0. The third-order valence-corrected chi connectivity index (χ3v) is 4.50. The van der Waals surface area contributed by atoms with E-state index in [1.807, 2.05) is 0 Å². The van der Waals surface area contributed by atoms with Crippen LogP contribution in [0.3, 0.4) is 0 Å². The van der Waals surface area contributed by atoms with E-state index in [-0.39, 0.29) is 17.4 Å². The molecular formula is C8H18Ga-. The van der Waals surface area contributed by atoms with E-state index in [0.717, 1.165) is 0 Å². The first-order valence-corrected chi connectivity index (χ1v) is 6.00. The molecule has 0 rings (SSSR count). The summed E-state index contributed by atoms with van der Waals surface area (Å²) in [6.07, 6.45) is 0. The summed E-state index contributed by atoms with van der Waals surface area (Å²) in [7, 11) is 0. The van der Waals surface area contributed by atoms with Gasteiger partial charge in [-0.1, -0.05) is 0 Å². The van der Waals surface area contributed by atoms with Crippen molar-refractivity contribution in [1.82, 2.24) is 0 Å². The minimum atomic E-state index is -0.0625. The molecule has 0 aromatic heterocycles. The average Bonchev–Trinajstić information content (AvgIpc) is 1.14. The van der Waals surface area contributed by atoms with Crippen LogP contribution < -0.4 is 0 Å². The number of hydrogen-bond acceptors (Lipinski definition) is 0. The molecule has 1 heteroatoms. The van der Waals surface area contributed by atoms with Gasteiger partial charge < -0.3 is 0 Å². The Morgan fingerprint density at radius 1 is 0.667 bits per heavy atom. The summed E-state index contributed by atoms with van der Waals surface area (Å²) in [4.78, 5) is 0. The van der Waals surface area contributed by atoms with Crippen LogP contribution >= 0.6 is 0 Å². The van der Waals surface area contributed by atoms with E-state index >= 15 is 0 Å². The third kappa shape index (κ3) is 8.64. The van der Waals surface area contributed by atoms with Crippen molar-refractivity contribution >= 4 is 17.4 Å². The van der Waals surface area contributed by atoms with Gasteiger partial charge in [0, 0.05) is 0 Å². The zero-order chi connectivity index (χ0) is 7.71. The third-order valence-electron chi connectivity index (χ3n) is 0.866. The van der Waals surface area contributed by atoms with E-state index in [2.05, 4.69) is 41.5 Å². The van der Waals surface area contributed by atoms with E-state index in [0.29, 0.717) is 7.94 Å². The maximum atomic E-state index is 2.36. The van der Waals surface area contributed by atoms with E-state index in [1.165, 1.54) is 0 Å². The summed E-state index contributed by atoms with van der Waals surface area (Å²) in [5, 5.41) is 0. The molecule has 0 nitrogen and oxygen atoms in total. The Hall–Kier alpha value is 0.636. The fourth-order valence-electron chi connectivity index (χ4n) is 1.30. The molecule has 0 amide bonds. The molecule has 0 spiro atoms. The molecule has 0 bridgehead atoms. The Morgan fingerprint density at radius 3 is 0.889 bits per heavy atom. The first-order chi connectivity index (χ1) is 3.71. The van der Waals surface area contributed by atoms with Crippen LogP contribution in [0, 0.1) is 0 Å². The summed E-state index contributed by atoms with van der Waals surface area (Å²) < 4.78 is 1.28. The van der Waals surface area contributed by atoms with Crippen LogP contribution in [0.1, 0.15) is 41.5 Å². The molecule has 0 fully saturated rings. The van der Waals surface area contributed by atoms with Crippen LogP contribution in [0.5, 0.6) is 0 Å². The van der Waals surface area contributed by atoms with Gasteiger partial charge in [0.05, 0.1) is 0 Å². The first kappa shape index (κ1) is 9.64. The van der Waals surface area contributed by atoms with Crippen LogP contribution in [-0.2, 0) is 0 Å². The molecule has 0 saturated heterocycles. The summed E-state index contributed by atoms with van der Waals surface area (Å²) in [6.45, 7) is 14.2. The van der Waals surface area contributed by atoms with Gasteiger partial charge in [0.2, 0.25) is 0 Å². The molecule has 0 aromatic rings. The van der Waals surface area contributed by atoms with Crippen LogP contribution in [0.15, 0.2) is 0 Å². The van der Waals surface area contributed by atoms with Gasteiger partial charge in [-0.15, -0.1) is 0 Å². The van der Waals surface area contributed by atoms with E-state index in [1.54, 1.807) is 0 Å². The van der Waals surface area contributed by atoms with Crippen molar-refractivity contribution < 1.29 is 0 Å². The Bertz CT molecular complexity index is 69.7. The zero-order valence-corrected chi connectivity index (χ0v) is 10.0. The van der Waals surface area contributed by atoms with E-state index < -0.39 is 0 Å². The van der Waals surface area contributed by atoms with E-state index in [9.17, 15) is 0 Å². The van der Waals surface area contributed by atoms with Gasteiger partial charge in [0.15, 0.2) is 0 Å². The van der Waals surface area contributed by atoms with Gasteiger partial charge in [-0.25, -0.2) is 0 Å². The molecule has 0 atom stereocenters. The standard InChI is InChI=1S/2C4H9.Ga/c2*1-4(2)3;/h2*1-3H3;/q;;-1. The molecule has 0 heterocycles. The van der Waals surface area contributed by atoms with Crippen molar-refractivity contribution in [2.75, 3.05) is 0 Å². The van der Waals surface area contributed by atoms with Gasteiger partial charge in [-0.2, -0.15) is 0 Å². The predicted molar refractivity (Wildman–Crippen MR) is 45.2 cm³/mol. The molecule has 9 heavy (non-hydrogen) atoms. The molecule has 2 radical (unpaired) electrons. The molecule has 0 aromatic carbocycles. The summed E-state index contributed by atoms with van der Waals surface area (Å²) >= 11 is -0.0625. The summed E-state index contributed by atoms with van der Waals surface area (Å²) in [5.74, 6) is 0. The second-order valence-corrected chi connectivity index (χ2v) is 12.8. The topological polar surface area (TPSA) is 0 Å². The molecular weight excluding hydrogens is 166 g/mol. The molecule has 0 unspecified atom stereocenters. The van der Waals surface area contributed by atoms with Crippen LogP contribution in [0.4, 0.5) is 0 Å². The first-order valence-electron chi connectivity index (χ1n) is 3.58. The normalized spacial score (nSPS) is 14.0. The quantitative estimate of drug-likeness (QED) is 0.507. The second-order valence-electron chi connectivity index (χ2n) is 4.88. The predicted octanol–water partition coefficient (Wildman–Crippen LogP) is 3.13. The Labute approximate surface area is 67.2 Å². The van der Waals surface area contributed by atoms with Crippen molar-refractivity contribution in [2.24, 2.45) is 0 Å². The fraction of sp³-hybridized carbons (Fsp3) is 1.00. The van der Waals surface area contributed by atoms with Crippen molar-refractivity contribution in [3.8, 4) is 0 Å². The summed E-state index contributed by atoms with van der Waals surface area (Å²) in [6, 6.07) is 0. The monoisotopic (exact) mass is 183 g/mol. The van der Waals surface area contributed by atoms with Crippen LogP contribution in [0.2, 0.25) is 7.94 Å². The van der Waals surface area contributed by atoms with Crippen molar-refractivity contribution in [1.29, 1.82) is 0 Å². The molecule has 0 N–H and O–H groups in total. The molecule has 0 saturated carbocycles. The van der Waals surface area contributed by atoms with Gasteiger partial charge in [-0.05, 0) is 0 Å². The van der Waals surface area contributed by atoms with Gasteiger partial charge >= 0.3 is 66.9 Å². The van der Waals surface area contributed by atoms with E-state index in [4.69, 9.17) is 0 Å². The molecule has 0 aliphatic heterocycles. The zero-order valence-electron chi connectivity index (χ0n) is 7.58. The minimum absolute atomic E-state index is 0.0625. The number of rotatable bonds is 0. The molecule has 0 aliphatic rings. The Kier molecular flexibility index (Phi) is 2.90. The van der Waals surface area contributed by atoms with Gasteiger partial charge in [0.1, 0.15) is 0 Å². The van der Waals surface area contributed by atoms with Crippen molar-refractivity contribution in [2.45, 2.75) is 49.5 Å². The van der Waals surface area contributed by atoms with Crippen molar-refractivity contribution in [3.05, 3.63) is 0 Å². The Balaban J connectivity index is 3.75. The van der Waals surface area contributed by atoms with Gasteiger partial charge in [0.25, 0.3) is 0 Å². The Morgan fingerprint density at radius 2 is 0.889 bits per heavy atom. The second kappa shape index (κ2) is 2.71. The molecule has 54 valence electrons. The average molecular weight is 184 g/mol.